The van der Waals surface area contributed by atoms with Crippen LogP contribution >= 0.6 is 0 Å². The number of benzene rings is 1. The minimum atomic E-state index is -0.694. The summed E-state index contributed by atoms with van der Waals surface area (Å²) < 4.78 is 18.4. The van der Waals surface area contributed by atoms with Gasteiger partial charge in [0.05, 0.1) is 13.2 Å². The maximum Gasteiger partial charge on any atom is 0.228 e. The molecule has 0 amide bonds. The van der Waals surface area contributed by atoms with E-state index in [1.54, 1.807) is 31.5 Å². The van der Waals surface area contributed by atoms with Crippen LogP contribution in [0.15, 0.2) is 36.5 Å². The monoisotopic (exact) mass is 332 g/mol. The molecule has 1 fully saturated rings. The molecule has 1 saturated heterocycles. The molecule has 128 valence electrons. The predicted octanol–water partition coefficient (Wildman–Crippen LogP) is 1.48. The molecule has 0 unspecified atom stereocenters. The fourth-order valence-corrected chi connectivity index (χ4v) is 2.79. The number of β-amino-alcohol motifs (C(OH)–C–C–N with tert-alkyl or cyclic N) is 1. The summed E-state index contributed by atoms with van der Waals surface area (Å²) in [5, 5.41) is 10.3. The standard InChI is InChI=1S/C17H21FN4O2/c1-24-16-5-6-19-17(20-16)22-9-7-21(8-10-22)12-15(23)13-3-2-4-14(18)11-13/h2-6,11,15,23H,7-10,12H2,1H3/t15-/m1/s1. The summed E-state index contributed by atoms with van der Waals surface area (Å²) in [6.45, 7) is 3.59. The molecule has 7 heteroatoms. The Morgan fingerprint density at radius 1 is 1.25 bits per heavy atom. The van der Waals surface area contributed by atoms with Crippen molar-refractivity contribution in [3.8, 4) is 5.88 Å². The van der Waals surface area contributed by atoms with Gasteiger partial charge in [0.2, 0.25) is 11.8 Å². The van der Waals surface area contributed by atoms with Gasteiger partial charge in [0, 0.05) is 45.0 Å². The lowest BCUT2D eigenvalue weighted by Gasteiger charge is -2.35. The normalized spacial score (nSPS) is 16.9. The van der Waals surface area contributed by atoms with E-state index in [2.05, 4.69) is 19.8 Å². The fraction of sp³-hybridized carbons (Fsp3) is 0.412. The Bertz CT molecular complexity index is 677. The van der Waals surface area contributed by atoms with Crippen LogP contribution in [-0.2, 0) is 0 Å². The van der Waals surface area contributed by atoms with Crippen LogP contribution < -0.4 is 9.64 Å². The quantitative estimate of drug-likeness (QED) is 0.895. The second kappa shape index (κ2) is 7.55. The molecule has 24 heavy (non-hydrogen) atoms. The zero-order valence-corrected chi connectivity index (χ0v) is 13.6. The van der Waals surface area contributed by atoms with Crippen molar-refractivity contribution in [2.45, 2.75) is 6.10 Å². The van der Waals surface area contributed by atoms with E-state index in [-0.39, 0.29) is 5.82 Å². The molecule has 6 nitrogen and oxygen atoms in total. The van der Waals surface area contributed by atoms with Crippen molar-refractivity contribution in [1.29, 1.82) is 0 Å². The number of nitrogens with zero attached hydrogens (tertiary/aromatic N) is 4. The van der Waals surface area contributed by atoms with E-state index in [9.17, 15) is 9.50 Å². The molecule has 1 N–H and O–H groups in total. The van der Waals surface area contributed by atoms with Gasteiger partial charge < -0.3 is 14.7 Å². The van der Waals surface area contributed by atoms with Gasteiger partial charge >= 0.3 is 0 Å². The number of hydrogen-bond acceptors (Lipinski definition) is 6. The van der Waals surface area contributed by atoms with Crippen molar-refractivity contribution >= 4 is 5.95 Å². The molecule has 1 aliphatic heterocycles. The summed E-state index contributed by atoms with van der Waals surface area (Å²) in [6.07, 6.45) is 0.988. The van der Waals surface area contributed by atoms with Crippen molar-refractivity contribution in [2.75, 3.05) is 44.7 Å². The Labute approximate surface area is 140 Å². The van der Waals surface area contributed by atoms with Crippen LogP contribution in [0, 0.1) is 5.82 Å². The first-order valence-electron chi connectivity index (χ1n) is 7.93. The Hall–Kier alpha value is -2.25. The molecule has 3 rings (SSSR count). The van der Waals surface area contributed by atoms with Crippen molar-refractivity contribution < 1.29 is 14.2 Å². The molecule has 0 saturated carbocycles. The molecule has 0 bridgehead atoms. The van der Waals surface area contributed by atoms with Gasteiger partial charge in [-0.05, 0) is 17.7 Å². The summed E-state index contributed by atoms with van der Waals surface area (Å²) in [7, 11) is 1.58. The molecule has 1 aliphatic rings. The van der Waals surface area contributed by atoms with Gasteiger partial charge in [-0.25, -0.2) is 9.37 Å². The van der Waals surface area contributed by atoms with Gasteiger partial charge in [-0.1, -0.05) is 12.1 Å². The van der Waals surface area contributed by atoms with Crippen molar-refractivity contribution in [3.05, 3.63) is 47.9 Å². The van der Waals surface area contributed by atoms with Gasteiger partial charge in [0.1, 0.15) is 5.82 Å². The van der Waals surface area contributed by atoms with E-state index in [0.717, 1.165) is 26.2 Å². The average molecular weight is 332 g/mol. The maximum atomic E-state index is 13.3. The zero-order chi connectivity index (χ0) is 16.9. The lowest BCUT2D eigenvalue weighted by Crippen LogP contribution is -2.48. The summed E-state index contributed by atoms with van der Waals surface area (Å²) in [6, 6.07) is 7.84. The molecule has 2 aromatic rings. The Balaban J connectivity index is 1.55. The van der Waals surface area contributed by atoms with Crippen LogP contribution in [0.4, 0.5) is 10.3 Å². The number of methoxy groups -OCH3 is 1. The molecular formula is C17H21FN4O2. The third kappa shape index (κ3) is 3.98. The number of aliphatic hydroxyl groups excluding tert-OH is 1. The topological polar surface area (TPSA) is 61.7 Å². The fourth-order valence-electron chi connectivity index (χ4n) is 2.79. The first kappa shape index (κ1) is 16.6. The third-order valence-corrected chi connectivity index (χ3v) is 4.15. The van der Waals surface area contributed by atoms with E-state index in [1.165, 1.54) is 12.1 Å². The Kier molecular flexibility index (Phi) is 5.22. The molecular weight excluding hydrogens is 311 g/mol. The summed E-state index contributed by atoms with van der Waals surface area (Å²) in [5.41, 5.74) is 0.605. The van der Waals surface area contributed by atoms with Gasteiger partial charge in [-0.3, -0.25) is 4.90 Å². The van der Waals surface area contributed by atoms with Crippen LogP contribution in [0.1, 0.15) is 11.7 Å². The van der Waals surface area contributed by atoms with Gasteiger partial charge in [0.25, 0.3) is 0 Å². The van der Waals surface area contributed by atoms with Crippen molar-refractivity contribution in [3.63, 3.8) is 0 Å². The van der Waals surface area contributed by atoms with E-state index in [1.807, 2.05) is 0 Å². The minimum Gasteiger partial charge on any atom is -0.481 e. The molecule has 1 atom stereocenters. The third-order valence-electron chi connectivity index (χ3n) is 4.15. The highest BCUT2D eigenvalue weighted by molar-refractivity contribution is 5.32. The second-order valence-electron chi connectivity index (χ2n) is 5.76. The highest BCUT2D eigenvalue weighted by Crippen LogP contribution is 2.18. The van der Waals surface area contributed by atoms with E-state index in [0.29, 0.717) is 23.9 Å². The molecule has 0 spiro atoms. The van der Waals surface area contributed by atoms with Crippen LogP contribution in [-0.4, -0.2) is 59.8 Å². The number of aliphatic hydroxyl groups is 1. The SMILES string of the molecule is COc1ccnc(N2CCN(C[C@@H](O)c3cccc(F)c3)CC2)n1. The van der Waals surface area contributed by atoms with Crippen molar-refractivity contribution in [1.82, 2.24) is 14.9 Å². The summed E-state index contributed by atoms with van der Waals surface area (Å²) >= 11 is 0. The maximum absolute atomic E-state index is 13.3. The van der Waals surface area contributed by atoms with E-state index < -0.39 is 6.10 Å². The Morgan fingerprint density at radius 3 is 2.75 bits per heavy atom. The Morgan fingerprint density at radius 2 is 2.04 bits per heavy atom. The smallest absolute Gasteiger partial charge is 0.228 e. The van der Waals surface area contributed by atoms with Crippen LogP contribution in [0.25, 0.3) is 0 Å². The van der Waals surface area contributed by atoms with Gasteiger partial charge in [-0.2, -0.15) is 4.98 Å². The van der Waals surface area contributed by atoms with Crippen molar-refractivity contribution in [2.24, 2.45) is 0 Å². The minimum absolute atomic E-state index is 0.327. The molecule has 0 aliphatic carbocycles. The zero-order valence-electron chi connectivity index (χ0n) is 13.6. The molecule has 2 heterocycles. The number of piperazine rings is 1. The lowest BCUT2D eigenvalue weighted by atomic mass is 10.1. The highest BCUT2D eigenvalue weighted by Gasteiger charge is 2.21. The van der Waals surface area contributed by atoms with Crippen LogP contribution in [0.3, 0.4) is 0 Å². The number of ether oxygens (including phenoxy) is 1. The average Bonchev–Trinajstić information content (AvgIpc) is 2.62. The number of hydrogen-bond donors (Lipinski definition) is 1. The summed E-state index contributed by atoms with van der Waals surface area (Å²) in [4.78, 5) is 12.9. The second-order valence-corrected chi connectivity index (χ2v) is 5.76. The highest BCUT2D eigenvalue weighted by atomic mass is 19.1. The van der Waals surface area contributed by atoms with Crippen LogP contribution in [0.2, 0.25) is 0 Å². The first-order chi connectivity index (χ1) is 11.7. The number of aromatic nitrogens is 2. The number of rotatable bonds is 5. The summed E-state index contributed by atoms with van der Waals surface area (Å²) in [5.74, 6) is 0.871. The molecule has 1 aromatic heterocycles. The molecule has 0 radical (unpaired) electrons. The lowest BCUT2D eigenvalue weighted by molar-refractivity contribution is 0.109. The van der Waals surface area contributed by atoms with Gasteiger partial charge in [-0.15, -0.1) is 0 Å². The largest absolute Gasteiger partial charge is 0.481 e. The van der Waals surface area contributed by atoms with E-state index in [4.69, 9.17) is 4.74 Å². The predicted molar refractivity (Wildman–Crippen MR) is 88.6 cm³/mol. The molecule has 1 aromatic carbocycles. The number of halogens is 1. The number of anilines is 1. The van der Waals surface area contributed by atoms with Gasteiger partial charge in [0.15, 0.2) is 0 Å². The van der Waals surface area contributed by atoms with E-state index >= 15 is 0 Å². The van der Waals surface area contributed by atoms with Crippen LogP contribution in [0.5, 0.6) is 5.88 Å². The first-order valence-corrected chi connectivity index (χ1v) is 7.93.